The summed E-state index contributed by atoms with van der Waals surface area (Å²) in [5.74, 6) is -0.941. The Morgan fingerprint density at radius 2 is 2.44 bits per heavy atom. The summed E-state index contributed by atoms with van der Waals surface area (Å²) >= 11 is 0. The van der Waals surface area contributed by atoms with Crippen molar-refractivity contribution >= 4 is 17.6 Å². The molecule has 0 saturated heterocycles. The molecule has 0 bridgehead atoms. The van der Waals surface area contributed by atoms with E-state index in [9.17, 15) is 14.9 Å². The summed E-state index contributed by atoms with van der Waals surface area (Å²) < 4.78 is 1.10. The van der Waals surface area contributed by atoms with Crippen molar-refractivity contribution < 1.29 is 14.8 Å². The van der Waals surface area contributed by atoms with Gasteiger partial charge in [-0.15, -0.1) is 5.10 Å². The molecule has 0 aliphatic rings. The molecule has 1 rings (SSSR count). The van der Waals surface area contributed by atoms with E-state index in [1.54, 1.807) is 0 Å². The molecule has 1 aromatic rings. The fraction of sp³-hybridized carbons (Fsp3) is 0.375. The van der Waals surface area contributed by atoms with E-state index in [0.29, 0.717) is 0 Å². The molecule has 0 aromatic carbocycles. The van der Waals surface area contributed by atoms with Crippen LogP contribution in [0.15, 0.2) is 11.3 Å². The molecule has 0 saturated carbocycles. The monoisotopic (exact) mass is 256 g/mol. The summed E-state index contributed by atoms with van der Waals surface area (Å²) in [7, 11) is 0. The highest BCUT2D eigenvalue weighted by atomic mass is 16.6. The second-order valence-electron chi connectivity index (χ2n) is 3.24. The predicted molar refractivity (Wildman–Crippen MR) is 60.5 cm³/mol. The Morgan fingerprint density at radius 3 is 2.94 bits per heavy atom. The lowest BCUT2D eigenvalue weighted by Crippen LogP contribution is -2.26. The van der Waals surface area contributed by atoms with Crippen molar-refractivity contribution in [3.63, 3.8) is 0 Å². The van der Waals surface area contributed by atoms with E-state index in [4.69, 9.17) is 10.8 Å². The van der Waals surface area contributed by atoms with Crippen molar-refractivity contribution in [2.24, 2.45) is 10.8 Å². The molecule has 0 unspecified atom stereocenters. The zero-order valence-electron chi connectivity index (χ0n) is 9.53. The number of aliphatic hydroxyl groups is 1. The van der Waals surface area contributed by atoms with Crippen LogP contribution < -0.4 is 11.2 Å². The number of rotatable bonds is 5. The van der Waals surface area contributed by atoms with Crippen molar-refractivity contribution in [3.8, 4) is 0 Å². The molecule has 10 nitrogen and oxygen atoms in total. The second-order valence-corrected chi connectivity index (χ2v) is 3.24. The van der Waals surface area contributed by atoms with Gasteiger partial charge < -0.3 is 21.0 Å². The first-order chi connectivity index (χ1) is 8.47. The Bertz CT molecular complexity index is 494. The van der Waals surface area contributed by atoms with Crippen LogP contribution in [0.5, 0.6) is 0 Å². The van der Waals surface area contributed by atoms with Gasteiger partial charge in [-0.25, -0.2) is 15.0 Å². The molecule has 4 N–H and O–H groups in total. The average molecular weight is 256 g/mol. The van der Waals surface area contributed by atoms with Gasteiger partial charge in [0, 0.05) is 6.92 Å². The maximum atomic E-state index is 10.7. The molecular weight excluding hydrogens is 244 g/mol. The molecule has 18 heavy (non-hydrogen) atoms. The number of nitro groups is 1. The second kappa shape index (κ2) is 5.72. The van der Waals surface area contributed by atoms with E-state index >= 15 is 0 Å². The highest BCUT2D eigenvalue weighted by molar-refractivity contribution is 5.95. The lowest BCUT2D eigenvalue weighted by Gasteiger charge is -2.02. The van der Waals surface area contributed by atoms with Crippen molar-refractivity contribution in [2.45, 2.75) is 13.5 Å². The minimum Gasteiger partial charge on any atom is -0.392 e. The average Bonchev–Trinajstić information content (AvgIpc) is 2.70. The summed E-state index contributed by atoms with van der Waals surface area (Å²) in [6, 6.07) is 0. The van der Waals surface area contributed by atoms with Gasteiger partial charge in [0.05, 0.1) is 6.61 Å². The summed E-state index contributed by atoms with van der Waals surface area (Å²) in [5.41, 5.74) is 7.63. The molecule has 0 aliphatic carbocycles. The van der Waals surface area contributed by atoms with Crippen molar-refractivity contribution in [1.29, 1.82) is 0 Å². The van der Waals surface area contributed by atoms with Crippen LogP contribution in [0.3, 0.4) is 0 Å². The summed E-state index contributed by atoms with van der Waals surface area (Å²) in [5, 5.41) is 23.1. The third-order valence-electron chi connectivity index (χ3n) is 1.91. The quantitative estimate of drug-likeness (QED) is 0.253. The van der Waals surface area contributed by atoms with Crippen LogP contribution >= 0.6 is 0 Å². The molecule has 0 radical (unpaired) electrons. The third-order valence-corrected chi connectivity index (χ3v) is 1.91. The van der Waals surface area contributed by atoms with E-state index in [-0.39, 0.29) is 30.6 Å². The van der Waals surface area contributed by atoms with Gasteiger partial charge in [-0.1, -0.05) is 0 Å². The van der Waals surface area contributed by atoms with Crippen LogP contribution in [0.1, 0.15) is 12.7 Å². The Hall–Kier alpha value is -2.49. The largest absolute Gasteiger partial charge is 0.392 e. The lowest BCUT2D eigenvalue weighted by atomic mass is 10.5. The smallest absolute Gasteiger partial charge is 0.343 e. The zero-order valence-corrected chi connectivity index (χ0v) is 9.53. The van der Waals surface area contributed by atoms with E-state index in [0.717, 1.165) is 10.8 Å². The molecule has 1 heterocycles. The summed E-state index contributed by atoms with van der Waals surface area (Å²) in [6.07, 6.45) is 1.00. The number of nitrogens with one attached hydrogen (secondary N) is 1. The van der Waals surface area contributed by atoms with E-state index < -0.39 is 10.8 Å². The van der Waals surface area contributed by atoms with Gasteiger partial charge in [-0.2, -0.15) is 0 Å². The number of hydrogen-bond donors (Lipinski definition) is 3. The number of carbonyl (C=O) groups is 1. The number of imidazole rings is 1. The zero-order chi connectivity index (χ0) is 13.7. The van der Waals surface area contributed by atoms with Gasteiger partial charge in [0.25, 0.3) is 5.82 Å². The Kier molecular flexibility index (Phi) is 4.32. The normalized spacial score (nSPS) is 11.3. The van der Waals surface area contributed by atoms with Gasteiger partial charge in [0.2, 0.25) is 11.7 Å². The lowest BCUT2D eigenvalue weighted by molar-refractivity contribution is -0.392. The predicted octanol–water partition coefficient (Wildman–Crippen LogP) is -1.46. The number of hydrazone groups is 1. The standard InChI is InChI=1S/C8H12N6O4/c1-5(16)11-12-7(9)8-10-4-6(14(17)18)13(8)2-3-15/h4,15H,2-3H2,1H3,(H2,9,12)(H,11,16). The first kappa shape index (κ1) is 13.6. The molecule has 1 amide bonds. The molecule has 10 heteroatoms. The van der Waals surface area contributed by atoms with Crippen LogP contribution in [-0.4, -0.2) is 37.9 Å². The minimum absolute atomic E-state index is 0.00417. The fourth-order valence-electron chi connectivity index (χ4n) is 1.23. The van der Waals surface area contributed by atoms with E-state index in [1.807, 2.05) is 0 Å². The van der Waals surface area contributed by atoms with Crippen LogP contribution in [0.25, 0.3) is 0 Å². The highest BCUT2D eigenvalue weighted by Gasteiger charge is 2.22. The van der Waals surface area contributed by atoms with Crippen molar-refractivity contribution in [3.05, 3.63) is 22.1 Å². The number of amidine groups is 1. The molecule has 0 spiro atoms. The maximum absolute atomic E-state index is 10.7. The fourth-order valence-corrected chi connectivity index (χ4v) is 1.23. The van der Waals surface area contributed by atoms with Crippen LogP contribution in [0.4, 0.5) is 5.82 Å². The minimum atomic E-state index is -0.655. The van der Waals surface area contributed by atoms with Crippen LogP contribution in [0, 0.1) is 10.1 Å². The van der Waals surface area contributed by atoms with Crippen LogP contribution in [0.2, 0.25) is 0 Å². The topological polar surface area (TPSA) is 149 Å². The molecule has 0 atom stereocenters. The van der Waals surface area contributed by atoms with Gasteiger partial charge >= 0.3 is 5.82 Å². The number of aliphatic hydroxyl groups excluding tert-OH is 1. The summed E-state index contributed by atoms with van der Waals surface area (Å²) in [4.78, 5) is 24.4. The number of nitrogens with zero attached hydrogens (tertiary/aromatic N) is 4. The number of aromatic nitrogens is 2. The SMILES string of the molecule is CC(=O)N/N=C(\N)c1ncc([N+](=O)[O-])n1CCO. The van der Waals surface area contributed by atoms with E-state index in [2.05, 4.69) is 15.5 Å². The third kappa shape index (κ3) is 3.01. The number of nitrogens with two attached hydrogens (primary N) is 1. The maximum Gasteiger partial charge on any atom is 0.343 e. The molecule has 1 aromatic heterocycles. The molecule has 0 aliphatic heterocycles. The van der Waals surface area contributed by atoms with Crippen molar-refractivity contribution in [1.82, 2.24) is 15.0 Å². The van der Waals surface area contributed by atoms with Crippen molar-refractivity contribution in [2.75, 3.05) is 6.61 Å². The van der Waals surface area contributed by atoms with Crippen LogP contribution in [-0.2, 0) is 11.3 Å². The number of carbonyl (C=O) groups excluding carboxylic acids is 1. The van der Waals surface area contributed by atoms with E-state index in [1.165, 1.54) is 6.92 Å². The highest BCUT2D eigenvalue weighted by Crippen LogP contribution is 2.13. The molecule has 98 valence electrons. The van der Waals surface area contributed by atoms with Gasteiger partial charge in [-0.3, -0.25) is 4.79 Å². The van der Waals surface area contributed by atoms with Gasteiger partial charge in [-0.05, 0) is 4.92 Å². The van der Waals surface area contributed by atoms with Gasteiger partial charge in [0.15, 0.2) is 0 Å². The number of amides is 1. The first-order valence-corrected chi connectivity index (χ1v) is 4.88. The first-order valence-electron chi connectivity index (χ1n) is 4.88. The number of hydrogen-bond acceptors (Lipinski definition) is 6. The van der Waals surface area contributed by atoms with Gasteiger partial charge in [0.1, 0.15) is 12.7 Å². The summed E-state index contributed by atoms with van der Waals surface area (Å²) in [6.45, 7) is 0.860. The molecule has 0 fully saturated rings. The Balaban J connectivity index is 3.11. The molecular formula is C8H12N6O4. The Labute approximate surface area is 101 Å². The Morgan fingerprint density at radius 1 is 1.78 bits per heavy atom.